The minimum absolute atomic E-state index is 0.0500. The molecule has 1 N–H and O–H groups in total. The fourth-order valence-electron chi connectivity index (χ4n) is 3.93. The van der Waals surface area contributed by atoms with Crippen molar-refractivity contribution < 1.29 is 14.4 Å². The Labute approximate surface area is 172 Å². The lowest BCUT2D eigenvalue weighted by molar-refractivity contribution is -0.112. The second-order valence-corrected chi connectivity index (χ2v) is 6.90. The molecule has 146 valence electrons. The number of fused-ring (bicyclic) bond motifs is 1. The number of rotatable bonds is 3. The second-order valence-electron chi connectivity index (χ2n) is 6.90. The summed E-state index contributed by atoms with van der Waals surface area (Å²) >= 11 is 0. The molecule has 3 aromatic carbocycles. The summed E-state index contributed by atoms with van der Waals surface area (Å²) in [5.41, 5.74) is -0.0928. The van der Waals surface area contributed by atoms with Crippen LogP contribution in [0.4, 0.5) is 21.0 Å². The van der Waals surface area contributed by atoms with E-state index in [0.29, 0.717) is 16.9 Å². The molecule has 0 saturated carbocycles. The molecule has 0 aliphatic carbocycles. The number of nitrogens with one attached hydrogen (secondary N) is 1. The maximum atomic E-state index is 13.8. The van der Waals surface area contributed by atoms with Gasteiger partial charge in [-0.3, -0.25) is 9.69 Å². The van der Waals surface area contributed by atoms with Gasteiger partial charge in [0.2, 0.25) is 0 Å². The highest BCUT2D eigenvalue weighted by molar-refractivity contribution is 6.56. The molecule has 0 aromatic heterocycles. The molecule has 1 atom stereocenters. The highest BCUT2D eigenvalue weighted by atomic mass is 16.2. The Kier molecular flexibility index (Phi) is 3.96. The molecule has 1 unspecified atom stereocenters. The zero-order valence-corrected chi connectivity index (χ0v) is 15.7. The largest absolute Gasteiger partial charge is 0.343 e. The first-order valence-corrected chi connectivity index (χ1v) is 9.38. The summed E-state index contributed by atoms with van der Waals surface area (Å²) in [4.78, 5) is 46.2. The van der Waals surface area contributed by atoms with Crippen molar-refractivity contribution in [1.29, 1.82) is 0 Å². The van der Waals surface area contributed by atoms with Gasteiger partial charge in [-0.05, 0) is 24.3 Å². The third kappa shape index (κ3) is 2.45. The van der Waals surface area contributed by atoms with Crippen LogP contribution in [0.3, 0.4) is 0 Å². The summed E-state index contributed by atoms with van der Waals surface area (Å²) in [5.74, 6) is -0.638. The molecule has 0 bridgehead atoms. The molecule has 2 heterocycles. The maximum absolute atomic E-state index is 13.8. The number of benzene rings is 3. The third-order valence-electron chi connectivity index (χ3n) is 5.19. The number of imide groups is 1. The number of anilines is 2. The fourth-order valence-corrected chi connectivity index (χ4v) is 3.93. The van der Waals surface area contributed by atoms with E-state index in [1.54, 1.807) is 78.9 Å². The number of carbonyl (C=O) groups excluding carboxylic acids is 3. The fraction of sp³-hybridized carbons (Fsp3) is 0.0435. The molecule has 2 aliphatic rings. The predicted octanol–water partition coefficient (Wildman–Crippen LogP) is 3.68. The number of urea groups is 2. The Bertz CT molecular complexity index is 1180. The van der Waals surface area contributed by atoms with Crippen LogP contribution in [0.25, 0.3) is 0 Å². The van der Waals surface area contributed by atoms with Gasteiger partial charge in [0.1, 0.15) is 0 Å². The zero-order chi connectivity index (χ0) is 20.7. The maximum Gasteiger partial charge on any atom is 0.343 e. The molecule has 1 saturated heterocycles. The van der Waals surface area contributed by atoms with E-state index in [0.717, 1.165) is 4.90 Å². The highest BCUT2D eigenvalue weighted by Crippen LogP contribution is 2.41. The normalized spacial score (nSPS) is 20.7. The van der Waals surface area contributed by atoms with Crippen molar-refractivity contribution in [2.75, 3.05) is 9.80 Å². The lowest BCUT2D eigenvalue weighted by Crippen LogP contribution is -2.72. The van der Waals surface area contributed by atoms with Crippen molar-refractivity contribution in [3.05, 3.63) is 96.6 Å². The third-order valence-corrected chi connectivity index (χ3v) is 5.19. The van der Waals surface area contributed by atoms with Crippen LogP contribution in [0, 0.1) is 0 Å². The number of para-hydroxylation sites is 2. The van der Waals surface area contributed by atoms with Gasteiger partial charge in [-0.15, -0.1) is 0 Å². The van der Waals surface area contributed by atoms with E-state index >= 15 is 0 Å². The standard InChI is InChI=1S/C23H16N4O3/c28-20-19-23(25-21(29)24-19,16-10-4-1-5-11-16)27(18-14-8-3-9-15-18)22(30)26(20)17-12-6-2-7-13-17/h1-15H,(H,25,29). The quantitative estimate of drug-likeness (QED) is 0.733. The van der Waals surface area contributed by atoms with Crippen LogP contribution in [0.1, 0.15) is 5.56 Å². The lowest BCUT2D eigenvalue weighted by Gasteiger charge is -2.47. The van der Waals surface area contributed by atoms with Gasteiger partial charge >= 0.3 is 12.1 Å². The number of hydrogen-bond donors (Lipinski definition) is 1. The van der Waals surface area contributed by atoms with Gasteiger partial charge in [0.25, 0.3) is 5.91 Å². The van der Waals surface area contributed by atoms with E-state index in [9.17, 15) is 14.4 Å². The Morgan fingerprint density at radius 2 is 1.23 bits per heavy atom. The summed E-state index contributed by atoms with van der Waals surface area (Å²) in [6.45, 7) is 0. The van der Waals surface area contributed by atoms with E-state index in [4.69, 9.17) is 0 Å². The van der Waals surface area contributed by atoms with Crippen molar-refractivity contribution in [3.63, 3.8) is 0 Å². The van der Waals surface area contributed by atoms with E-state index in [1.165, 1.54) is 4.90 Å². The number of aliphatic imine (C=N–C) groups is 1. The summed E-state index contributed by atoms with van der Waals surface area (Å²) in [6, 6.07) is 25.2. The minimum Gasteiger partial charge on any atom is -0.303 e. The number of carbonyl (C=O) groups is 3. The van der Waals surface area contributed by atoms with Crippen molar-refractivity contribution >= 4 is 35.1 Å². The van der Waals surface area contributed by atoms with Crippen LogP contribution in [-0.2, 0) is 10.5 Å². The van der Waals surface area contributed by atoms with Gasteiger partial charge in [0.05, 0.1) is 5.69 Å². The first kappa shape index (κ1) is 17.8. The van der Waals surface area contributed by atoms with Crippen LogP contribution in [0.15, 0.2) is 96.0 Å². The van der Waals surface area contributed by atoms with E-state index in [1.807, 2.05) is 12.1 Å². The van der Waals surface area contributed by atoms with Crippen LogP contribution in [0.5, 0.6) is 0 Å². The molecule has 1 fully saturated rings. The Morgan fingerprint density at radius 3 is 1.83 bits per heavy atom. The Morgan fingerprint density at radius 1 is 0.700 bits per heavy atom. The monoisotopic (exact) mass is 396 g/mol. The van der Waals surface area contributed by atoms with Crippen molar-refractivity contribution in [2.45, 2.75) is 5.66 Å². The van der Waals surface area contributed by atoms with E-state index in [-0.39, 0.29) is 5.71 Å². The van der Waals surface area contributed by atoms with Gasteiger partial charge in [0, 0.05) is 11.3 Å². The molecule has 3 aromatic rings. The molecule has 0 radical (unpaired) electrons. The number of hydrogen-bond acceptors (Lipinski definition) is 3. The Balaban J connectivity index is 1.79. The molecular formula is C23H16N4O3. The summed E-state index contributed by atoms with van der Waals surface area (Å²) in [6.07, 6.45) is 0. The van der Waals surface area contributed by atoms with Crippen LogP contribution in [-0.4, -0.2) is 23.7 Å². The van der Waals surface area contributed by atoms with Gasteiger partial charge in [-0.1, -0.05) is 66.7 Å². The smallest absolute Gasteiger partial charge is 0.303 e. The molecule has 7 heteroatoms. The number of nitrogens with zero attached hydrogens (tertiary/aromatic N) is 3. The van der Waals surface area contributed by atoms with E-state index < -0.39 is 23.6 Å². The van der Waals surface area contributed by atoms with Crippen molar-refractivity contribution in [2.24, 2.45) is 4.99 Å². The SMILES string of the molecule is O=C1N=C2C(=O)N(c3ccccc3)C(=O)N(c3ccccc3)C2(c2ccccc2)N1. The van der Waals surface area contributed by atoms with Crippen LogP contribution >= 0.6 is 0 Å². The molecule has 5 rings (SSSR count). The first-order chi connectivity index (χ1) is 14.6. The van der Waals surface area contributed by atoms with Gasteiger partial charge in [-0.2, -0.15) is 4.99 Å². The average molecular weight is 396 g/mol. The topological polar surface area (TPSA) is 82.1 Å². The van der Waals surface area contributed by atoms with E-state index in [2.05, 4.69) is 10.3 Å². The van der Waals surface area contributed by atoms with Crippen LogP contribution in [0.2, 0.25) is 0 Å². The molecule has 2 aliphatic heterocycles. The minimum atomic E-state index is -1.53. The molecular weight excluding hydrogens is 380 g/mol. The Hall–Kier alpha value is -4.26. The first-order valence-electron chi connectivity index (χ1n) is 9.38. The van der Waals surface area contributed by atoms with Crippen molar-refractivity contribution in [1.82, 2.24) is 5.32 Å². The highest BCUT2D eigenvalue weighted by Gasteiger charge is 2.60. The number of amides is 5. The molecule has 0 spiro atoms. The van der Waals surface area contributed by atoms with Gasteiger partial charge in [-0.25, -0.2) is 14.5 Å². The second kappa shape index (κ2) is 6.66. The van der Waals surface area contributed by atoms with Crippen LogP contribution < -0.4 is 15.1 Å². The van der Waals surface area contributed by atoms with Crippen molar-refractivity contribution in [3.8, 4) is 0 Å². The lowest BCUT2D eigenvalue weighted by atomic mass is 9.89. The zero-order valence-electron chi connectivity index (χ0n) is 15.7. The summed E-state index contributed by atoms with van der Waals surface area (Å²) in [7, 11) is 0. The van der Waals surface area contributed by atoms with Gasteiger partial charge in [0.15, 0.2) is 11.4 Å². The average Bonchev–Trinajstić information content (AvgIpc) is 3.14. The summed E-state index contributed by atoms with van der Waals surface area (Å²) in [5, 5.41) is 2.78. The molecule has 30 heavy (non-hydrogen) atoms. The summed E-state index contributed by atoms with van der Waals surface area (Å²) < 4.78 is 0. The molecule has 5 amide bonds. The van der Waals surface area contributed by atoms with Gasteiger partial charge < -0.3 is 5.32 Å². The molecule has 7 nitrogen and oxygen atoms in total. The predicted molar refractivity (Wildman–Crippen MR) is 112 cm³/mol.